The van der Waals surface area contributed by atoms with Crippen LogP contribution in [0.1, 0.15) is 87.2 Å². The molecule has 0 unspecified atom stereocenters. The fraction of sp³-hybridized carbons (Fsp3) is 0.545. The van der Waals surface area contributed by atoms with E-state index in [1.54, 1.807) is 6.92 Å². The standard InChI is InChI=1S/C33H44N4O5/c1-8-40-31(38)29(42-32(4,5)6)28-23(3)34-27-19-26-21-39-20-25-12-11-22(2)18-24(25)10-9-17-41-33(7)13-15-36(16-14-33)30(28)37(27)35-26/h9-12,18-19,29H,8,13-17,20-21H2,1-7H3/t29-/m0/s1. The van der Waals surface area contributed by atoms with E-state index in [1.165, 1.54) is 5.56 Å². The lowest BCUT2D eigenvalue weighted by molar-refractivity contribution is -0.166. The van der Waals surface area contributed by atoms with Crippen molar-refractivity contribution in [2.24, 2.45) is 0 Å². The van der Waals surface area contributed by atoms with Gasteiger partial charge in [0.2, 0.25) is 0 Å². The zero-order valence-corrected chi connectivity index (χ0v) is 26.0. The van der Waals surface area contributed by atoms with Crippen LogP contribution in [0.15, 0.2) is 30.3 Å². The maximum Gasteiger partial charge on any atom is 0.340 e. The van der Waals surface area contributed by atoms with Gasteiger partial charge in [-0.25, -0.2) is 9.78 Å². The van der Waals surface area contributed by atoms with Crippen LogP contribution >= 0.6 is 0 Å². The molecule has 5 heterocycles. The Hall–Kier alpha value is -3.27. The molecule has 1 saturated heterocycles. The Balaban J connectivity index is 1.62. The van der Waals surface area contributed by atoms with Gasteiger partial charge in [0, 0.05) is 24.8 Å². The van der Waals surface area contributed by atoms with E-state index >= 15 is 0 Å². The molecule has 0 amide bonds. The molecule has 0 radical (unpaired) electrons. The summed E-state index contributed by atoms with van der Waals surface area (Å²) in [4.78, 5) is 20.6. The van der Waals surface area contributed by atoms with E-state index in [9.17, 15) is 4.79 Å². The Kier molecular flexibility index (Phi) is 8.73. The van der Waals surface area contributed by atoms with Gasteiger partial charge in [-0.1, -0.05) is 35.9 Å². The molecule has 0 N–H and O–H groups in total. The third-order valence-corrected chi connectivity index (χ3v) is 7.84. The highest BCUT2D eigenvalue weighted by Gasteiger charge is 2.38. The first-order valence-electron chi connectivity index (χ1n) is 14.9. The van der Waals surface area contributed by atoms with E-state index in [1.807, 2.05) is 38.3 Å². The minimum atomic E-state index is -0.954. The van der Waals surface area contributed by atoms with Gasteiger partial charge in [0.15, 0.2) is 11.8 Å². The zero-order chi connectivity index (χ0) is 30.1. The predicted molar refractivity (Wildman–Crippen MR) is 162 cm³/mol. The number of nitrogens with zero attached hydrogens (tertiary/aromatic N) is 4. The maximum absolute atomic E-state index is 13.4. The fourth-order valence-corrected chi connectivity index (χ4v) is 5.67. The molecule has 0 spiro atoms. The molecule has 0 aliphatic carbocycles. The number of hydrogen-bond donors (Lipinski definition) is 0. The Labute approximate surface area is 248 Å². The highest BCUT2D eigenvalue weighted by atomic mass is 16.6. The first kappa shape index (κ1) is 30.2. The summed E-state index contributed by atoms with van der Waals surface area (Å²) in [6.07, 6.45) is 4.91. The molecule has 0 saturated carbocycles. The minimum absolute atomic E-state index is 0.257. The molecule has 9 nitrogen and oxygen atoms in total. The maximum atomic E-state index is 13.4. The molecule has 3 aliphatic heterocycles. The van der Waals surface area contributed by atoms with Gasteiger partial charge < -0.3 is 23.8 Å². The van der Waals surface area contributed by atoms with Crippen molar-refractivity contribution in [3.05, 3.63) is 64.0 Å². The normalized spacial score (nSPS) is 18.2. The number of aromatic nitrogens is 3. The average molecular weight is 577 g/mol. The van der Waals surface area contributed by atoms with Crippen LogP contribution in [-0.4, -0.2) is 58.1 Å². The van der Waals surface area contributed by atoms with Crippen molar-refractivity contribution in [2.45, 2.75) is 91.8 Å². The molecular formula is C33H44N4O5. The van der Waals surface area contributed by atoms with Crippen LogP contribution < -0.4 is 4.90 Å². The summed E-state index contributed by atoms with van der Waals surface area (Å²) in [6.45, 7) is 16.8. The van der Waals surface area contributed by atoms with Crippen LogP contribution in [0, 0.1) is 13.8 Å². The van der Waals surface area contributed by atoms with Gasteiger partial charge in [-0.2, -0.15) is 9.61 Å². The van der Waals surface area contributed by atoms with E-state index < -0.39 is 17.7 Å². The second kappa shape index (κ2) is 12.1. The molecule has 9 heteroatoms. The summed E-state index contributed by atoms with van der Waals surface area (Å²) < 4.78 is 26.4. The number of ether oxygens (including phenoxy) is 4. The topological polar surface area (TPSA) is 87.4 Å². The second-order valence-corrected chi connectivity index (χ2v) is 12.5. The van der Waals surface area contributed by atoms with E-state index in [2.05, 4.69) is 49.1 Å². The second-order valence-electron chi connectivity index (χ2n) is 12.5. The van der Waals surface area contributed by atoms with E-state index in [0.29, 0.717) is 36.7 Å². The number of anilines is 1. The molecule has 1 fully saturated rings. The molecule has 2 aromatic heterocycles. The van der Waals surface area contributed by atoms with Crippen molar-refractivity contribution < 1.29 is 23.7 Å². The van der Waals surface area contributed by atoms with Crippen molar-refractivity contribution in [1.29, 1.82) is 0 Å². The van der Waals surface area contributed by atoms with Crippen LogP contribution in [0.4, 0.5) is 5.82 Å². The van der Waals surface area contributed by atoms with Gasteiger partial charge in [-0.05, 0) is 72.4 Å². The summed E-state index contributed by atoms with van der Waals surface area (Å²) in [7, 11) is 0. The molecule has 3 aliphatic rings. The Morgan fingerprint density at radius 1 is 1.14 bits per heavy atom. The van der Waals surface area contributed by atoms with Crippen molar-refractivity contribution in [2.75, 3.05) is 31.2 Å². The minimum Gasteiger partial charge on any atom is -0.464 e. The smallest absolute Gasteiger partial charge is 0.340 e. The third kappa shape index (κ3) is 6.69. The first-order chi connectivity index (χ1) is 20.0. The molecule has 226 valence electrons. The zero-order valence-electron chi connectivity index (χ0n) is 26.0. The lowest BCUT2D eigenvalue weighted by atomic mass is 9.92. The lowest BCUT2D eigenvalue weighted by Gasteiger charge is -2.41. The number of carbonyl (C=O) groups excluding carboxylic acids is 1. The lowest BCUT2D eigenvalue weighted by Crippen LogP contribution is -2.45. The number of hydrogen-bond acceptors (Lipinski definition) is 8. The van der Waals surface area contributed by atoms with E-state index in [-0.39, 0.29) is 12.2 Å². The van der Waals surface area contributed by atoms with Gasteiger partial charge in [0.1, 0.15) is 5.82 Å². The van der Waals surface area contributed by atoms with Crippen molar-refractivity contribution in [1.82, 2.24) is 14.6 Å². The van der Waals surface area contributed by atoms with Gasteiger partial charge >= 0.3 is 5.97 Å². The summed E-state index contributed by atoms with van der Waals surface area (Å²) in [5, 5.41) is 4.97. The Bertz CT molecular complexity index is 1460. The molecular weight excluding hydrogens is 532 g/mol. The van der Waals surface area contributed by atoms with Gasteiger partial charge in [-0.15, -0.1) is 0 Å². The Morgan fingerprint density at radius 3 is 2.62 bits per heavy atom. The largest absolute Gasteiger partial charge is 0.464 e. The van der Waals surface area contributed by atoms with Crippen molar-refractivity contribution in [3.8, 4) is 0 Å². The summed E-state index contributed by atoms with van der Waals surface area (Å²) in [5.41, 5.74) is 5.43. The SMILES string of the molecule is CCOC(=O)[C@@H](OC(C)(C)C)c1c(C)nc2cc3nn2c1N1CCC(C)(CC1)OCC=Cc1cc(C)ccc1COC3. The summed E-state index contributed by atoms with van der Waals surface area (Å²) in [6, 6.07) is 8.35. The number of esters is 1. The molecule has 1 atom stereocenters. The van der Waals surface area contributed by atoms with Crippen molar-refractivity contribution >= 4 is 23.5 Å². The number of rotatable bonds is 4. The van der Waals surface area contributed by atoms with Gasteiger partial charge in [0.25, 0.3) is 0 Å². The molecule has 42 heavy (non-hydrogen) atoms. The monoisotopic (exact) mass is 576 g/mol. The van der Waals surface area contributed by atoms with Crippen LogP contribution in [0.3, 0.4) is 0 Å². The number of piperidine rings is 1. The average Bonchev–Trinajstić information content (AvgIpc) is 3.32. The molecule has 6 rings (SSSR count). The first-order valence-corrected chi connectivity index (χ1v) is 14.9. The van der Waals surface area contributed by atoms with Crippen LogP contribution in [0.25, 0.3) is 11.7 Å². The van der Waals surface area contributed by atoms with Crippen LogP contribution in [0.2, 0.25) is 0 Å². The van der Waals surface area contributed by atoms with Crippen molar-refractivity contribution in [3.63, 3.8) is 0 Å². The molecule has 1 aromatic carbocycles. The number of carbonyl (C=O) groups is 1. The predicted octanol–water partition coefficient (Wildman–Crippen LogP) is 5.88. The molecule has 4 bridgehead atoms. The quantitative estimate of drug-likeness (QED) is 0.356. The Morgan fingerprint density at radius 2 is 1.90 bits per heavy atom. The number of benzene rings is 1. The summed E-state index contributed by atoms with van der Waals surface area (Å²) in [5.74, 6) is 0.371. The summed E-state index contributed by atoms with van der Waals surface area (Å²) >= 11 is 0. The van der Waals surface area contributed by atoms with E-state index in [0.717, 1.165) is 48.6 Å². The molecule has 3 aromatic rings. The van der Waals surface area contributed by atoms with Gasteiger partial charge in [-0.3, -0.25) is 0 Å². The number of aryl methyl sites for hydroxylation is 2. The van der Waals surface area contributed by atoms with E-state index in [4.69, 9.17) is 29.0 Å². The highest BCUT2D eigenvalue weighted by Crippen LogP contribution is 2.38. The third-order valence-electron chi connectivity index (χ3n) is 7.84. The van der Waals surface area contributed by atoms with Crippen LogP contribution in [0.5, 0.6) is 0 Å². The van der Waals surface area contributed by atoms with Gasteiger partial charge in [0.05, 0.1) is 48.9 Å². The highest BCUT2D eigenvalue weighted by molar-refractivity contribution is 5.80. The fourth-order valence-electron chi connectivity index (χ4n) is 5.67. The number of fused-ring (bicyclic) bond motifs is 6. The van der Waals surface area contributed by atoms with Crippen LogP contribution in [-0.2, 0) is 37.0 Å².